The molecule has 6 nitrogen and oxygen atoms in total. The first-order valence-corrected chi connectivity index (χ1v) is 6.71. The minimum atomic E-state index is -0.408. The predicted octanol–water partition coefficient (Wildman–Crippen LogP) is 2.12. The van der Waals surface area contributed by atoms with E-state index in [0.29, 0.717) is 18.3 Å². The molecule has 2 rings (SSSR count). The summed E-state index contributed by atoms with van der Waals surface area (Å²) >= 11 is 0. The Morgan fingerprint density at radius 1 is 1.45 bits per heavy atom. The molecule has 20 heavy (non-hydrogen) atoms. The van der Waals surface area contributed by atoms with E-state index in [1.807, 2.05) is 7.05 Å². The maximum absolute atomic E-state index is 10.8. The van der Waals surface area contributed by atoms with E-state index in [1.165, 1.54) is 12.1 Å². The molecule has 0 aromatic heterocycles. The molecular formula is C14H20N2O4. The number of non-ortho nitro benzene ring substituents is 1. The van der Waals surface area contributed by atoms with E-state index in [9.17, 15) is 10.1 Å². The first-order valence-electron chi connectivity index (χ1n) is 6.71. The topological polar surface area (TPSA) is 73.6 Å². The molecule has 0 heterocycles. The number of hydrogen-bond donors (Lipinski definition) is 1. The van der Waals surface area contributed by atoms with Gasteiger partial charge in [0.1, 0.15) is 5.75 Å². The molecule has 0 radical (unpaired) electrons. The van der Waals surface area contributed by atoms with E-state index < -0.39 is 4.92 Å². The Morgan fingerprint density at radius 3 is 2.80 bits per heavy atom. The van der Waals surface area contributed by atoms with Crippen LogP contribution in [0, 0.1) is 16.0 Å². The van der Waals surface area contributed by atoms with Crippen LogP contribution in [0.15, 0.2) is 18.2 Å². The van der Waals surface area contributed by atoms with Gasteiger partial charge in [-0.15, -0.1) is 0 Å². The highest BCUT2D eigenvalue weighted by molar-refractivity contribution is 5.43. The summed E-state index contributed by atoms with van der Waals surface area (Å²) in [5, 5.41) is 13.9. The number of methoxy groups -OCH3 is 1. The van der Waals surface area contributed by atoms with Crippen LogP contribution in [0.5, 0.6) is 5.75 Å². The van der Waals surface area contributed by atoms with Gasteiger partial charge in [-0.25, -0.2) is 0 Å². The van der Waals surface area contributed by atoms with Crippen molar-refractivity contribution in [1.82, 2.24) is 5.32 Å². The maximum Gasteiger partial charge on any atom is 0.270 e. The zero-order valence-corrected chi connectivity index (χ0v) is 11.8. The maximum atomic E-state index is 10.8. The van der Waals surface area contributed by atoms with E-state index in [4.69, 9.17) is 9.47 Å². The molecular weight excluding hydrogens is 260 g/mol. The number of nitro benzene ring substituents is 1. The largest absolute Gasteiger partial charge is 0.496 e. The summed E-state index contributed by atoms with van der Waals surface area (Å²) in [7, 11) is 3.50. The van der Waals surface area contributed by atoms with Crippen molar-refractivity contribution in [3.8, 4) is 5.75 Å². The molecule has 0 amide bonds. The van der Waals surface area contributed by atoms with Crippen LogP contribution in [0.2, 0.25) is 0 Å². The van der Waals surface area contributed by atoms with Crippen molar-refractivity contribution in [2.75, 3.05) is 20.7 Å². The van der Waals surface area contributed by atoms with Crippen LogP contribution in [0.25, 0.3) is 0 Å². The van der Waals surface area contributed by atoms with Crippen LogP contribution in [-0.2, 0) is 11.3 Å². The molecule has 1 aromatic rings. The van der Waals surface area contributed by atoms with Gasteiger partial charge >= 0.3 is 0 Å². The van der Waals surface area contributed by atoms with Crippen molar-refractivity contribution in [3.05, 3.63) is 33.9 Å². The lowest BCUT2D eigenvalue weighted by Gasteiger charge is -2.35. The Hall–Kier alpha value is -1.66. The molecule has 110 valence electrons. The monoisotopic (exact) mass is 280 g/mol. The number of hydrogen-bond acceptors (Lipinski definition) is 5. The highest BCUT2D eigenvalue weighted by atomic mass is 16.6. The molecule has 0 bridgehead atoms. The van der Waals surface area contributed by atoms with Gasteiger partial charge in [0.05, 0.1) is 24.7 Å². The highest BCUT2D eigenvalue weighted by Gasteiger charge is 2.29. The first kappa shape index (κ1) is 14.7. The second kappa shape index (κ2) is 6.67. The van der Waals surface area contributed by atoms with E-state index in [1.54, 1.807) is 13.2 Å². The summed E-state index contributed by atoms with van der Waals surface area (Å²) in [5.41, 5.74) is 0.782. The SMILES string of the molecule is CNCC1CC(OCc2cc([N+](=O)[O-])ccc2OC)C1. The minimum absolute atomic E-state index is 0.0612. The zero-order valence-electron chi connectivity index (χ0n) is 11.8. The van der Waals surface area contributed by atoms with Gasteiger partial charge in [0.2, 0.25) is 0 Å². The number of rotatable bonds is 7. The minimum Gasteiger partial charge on any atom is -0.496 e. The third kappa shape index (κ3) is 3.46. The fourth-order valence-corrected chi connectivity index (χ4v) is 2.46. The Kier molecular flexibility index (Phi) is 4.92. The van der Waals surface area contributed by atoms with Gasteiger partial charge in [0, 0.05) is 17.7 Å². The molecule has 1 aromatic carbocycles. The van der Waals surface area contributed by atoms with Crippen LogP contribution < -0.4 is 10.1 Å². The quantitative estimate of drug-likeness (QED) is 0.611. The van der Waals surface area contributed by atoms with Crippen LogP contribution >= 0.6 is 0 Å². The average Bonchev–Trinajstić information content (AvgIpc) is 2.40. The molecule has 1 fully saturated rings. The molecule has 0 spiro atoms. The van der Waals surface area contributed by atoms with Gasteiger partial charge < -0.3 is 14.8 Å². The zero-order chi connectivity index (χ0) is 14.5. The highest BCUT2D eigenvalue weighted by Crippen LogP contribution is 2.32. The Bertz CT molecular complexity index is 472. The van der Waals surface area contributed by atoms with E-state index in [2.05, 4.69) is 5.32 Å². The van der Waals surface area contributed by atoms with E-state index >= 15 is 0 Å². The van der Waals surface area contributed by atoms with Crippen molar-refractivity contribution >= 4 is 5.69 Å². The number of benzene rings is 1. The summed E-state index contributed by atoms with van der Waals surface area (Å²) in [6.45, 7) is 1.36. The lowest BCUT2D eigenvalue weighted by atomic mass is 9.82. The molecule has 1 aliphatic rings. The van der Waals surface area contributed by atoms with Gasteiger partial charge in [-0.3, -0.25) is 10.1 Å². The van der Waals surface area contributed by atoms with Crippen LogP contribution in [-0.4, -0.2) is 31.7 Å². The Labute approximate surface area is 118 Å². The van der Waals surface area contributed by atoms with Gasteiger partial charge in [-0.05, 0) is 38.4 Å². The summed E-state index contributed by atoms with van der Waals surface area (Å²) < 4.78 is 11.0. The second-order valence-electron chi connectivity index (χ2n) is 5.08. The van der Waals surface area contributed by atoms with Crippen molar-refractivity contribution < 1.29 is 14.4 Å². The number of nitrogens with one attached hydrogen (secondary N) is 1. The van der Waals surface area contributed by atoms with Crippen LogP contribution in [0.3, 0.4) is 0 Å². The Morgan fingerprint density at radius 2 is 2.20 bits per heavy atom. The van der Waals surface area contributed by atoms with Gasteiger partial charge in [0.25, 0.3) is 5.69 Å². The van der Waals surface area contributed by atoms with Crippen molar-refractivity contribution in [2.24, 2.45) is 5.92 Å². The summed E-state index contributed by atoms with van der Waals surface area (Å²) in [6, 6.07) is 4.57. The van der Waals surface area contributed by atoms with Crippen molar-refractivity contribution in [1.29, 1.82) is 0 Å². The standard InChI is InChI=1S/C14H20N2O4/c1-15-8-10-5-13(6-10)20-9-11-7-12(16(17)18)3-4-14(11)19-2/h3-4,7,10,13,15H,5-6,8-9H2,1-2H3. The normalized spacial score (nSPS) is 21.3. The summed E-state index contributed by atoms with van der Waals surface area (Å²) in [5.74, 6) is 1.30. The molecule has 0 saturated heterocycles. The first-order chi connectivity index (χ1) is 9.63. The third-order valence-corrected chi connectivity index (χ3v) is 3.63. The van der Waals surface area contributed by atoms with Gasteiger partial charge in [-0.2, -0.15) is 0 Å². The van der Waals surface area contributed by atoms with Crippen LogP contribution in [0.1, 0.15) is 18.4 Å². The summed E-state index contributed by atoms with van der Waals surface area (Å²) in [6.07, 6.45) is 2.33. The number of nitro groups is 1. The molecule has 0 atom stereocenters. The lowest BCUT2D eigenvalue weighted by Crippen LogP contribution is -2.36. The van der Waals surface area contributed by atoms with Crippen molar-refractivity contribution in [2.45, 2.75) is 25.6 Å². The number of ether oxygens (including phenoxy) is 2. The van der Waals surface area contributed by atoms with Gasteiger partial charge in [-0.1, -0.05) is 0 Å². The van der Waals surface area contributed by atoms with E-state index in [0.717, 1.165) is 24.9 Å². The lowest BCUT2D eigenvalue weighted by molar-refractivity contribution is -0.385. The Balaban J connectivity index is 1.92. The molecule has 0 aliphatic heterocycles. The number of nitrogens with zero attached hydrogens (tertiary/aromatic N) is 1. The molecule has 1 N–H and O–H groups in total. The summed E-state index contributed by atoms with van der Waals surface area (Å²) in [4.78, 5) is 10.4. The van der Waals surface area contributed by atoms with Gasteiger partial charge in [0.15, 0.2) is 0 Å². The average molecular weight is 280 g/mol. The van der Waals surface area contributed by atoms with E-state index in [-0.39, 0.29) is 11.8 Å². The molecule has 1 saturated carbocycles. The molecule has 1 aliphatic carbocycles. The third-order valence-electron chi connectivity index (χ3n) is 3.63. The smallest absolute Gasteiger partial charge is 0.270 e. The fraction of sp³-hybridized carbons (Fsp3) is 0.571. The molecule has 0 unspecified atom stereocenters. The fourth-order valence-electron chi connectivity index (χ4n) is 2.46. The second-order valence-corrected chi connectivity index (χ2v) is 5.08. The molecule has 6 heteroatoms. The van der Waals surface area contributed by atoms with Crippen molar-refractivity contribution in [3.63, 3.8) is 0 Å². The predicted molar refractivity (Wildman–Crippen MR) is 74.9 cm³/mol. The van der Waals surface area contributed by atoms with Crippen LogP contribution in [0.4, 0.5) is 5.69 Å².